The lowest BCUT2D eigenvalue weighted by molar-refractivity contribution is -0.384. The van der Waals surface area contributed by atoms with Crippen LogP contribution in [-0.2, 0) is 4.79 Å². The lowest BCUT2D eigenvalue weighted by Crippen LogP contribution is -2.25. The van der Waals surface area contributed by atoms with Gasteiger partial charge in [-0.1, -0.05) is 0 Å². The van der Waals surface area contributed by atoms with Crippen molar-refractivity contribution >= 4 is 17.7 Å². The van der Waals surface area contributed by atoms with Crippen LogP contribution < -0.4 is 11.0 Å². The molecule has 114 valence electrons. The molecule has 0 fully saturated rings. The Morgan fingerprint density at radius 3 is 2.64 bits per heavy atom. The molecule has 2 rings (SSSR count). The van der Waals surface area contributed by atoms with Crippen molar-refractivity contribution in [3.8, 4) is 0 Å². The Hall–Kier alpha value is -3.23. The summed E-state index contributed by atoms with van der Waals surface area (Å²) < 4.78 is 0. The molecule has 0 spiro atoms. The minimum Gasteiger partial charge on any atom is -0.343 e. The first kappa shape index (κ1) is 15.2. The van der Waals surface area contributed by atoms with Gasteiger partial charge >= 0.3 is 5.69 Å². The number of H-pyrrole nitrogens is 2. The van der Waals surface area contributed by atoms with Crippen LogP contribution in [0, 0.1) is 10.1 Å². The number of amides is 1. The fraction of sp³-hybridized carbons (Fsp3) is 0.154. The van der Waals surface area contributed by atoms with E-state index in [0.29, 0.717) is 11.4 Å². The lowest BCUT2D eigenvalue weighted by atomic mass is 10.2. The molecule has 0 saturated carbocycles. The van der Waals surface area contributed by atoms with Crippen molar-refractivity contribution in [2.24, 2.45) is 0 Å². The highest BCUT2D eigenvalue weighted by Crippen LogP contribution is 2.12. The van der Waals surface area contributed by atoms with Crippen LogP contribution in [0.25, 0.3) is 6.08 Å². The molecular weight excluding hydrogens is 290 g/mol. The van der Waals surface area contributed by atoms with Crippen LogP contribution in [-0.4, -0.2) is 26.0 Å². The van der Waals surface area contributed by atoms with Gasteiger partial charge in [-0.3, -0.25) is 19.9 Å². The van der Waals surface area contributed by atoms with Gasteiger partial charge < -0.3 is 5.32 Å². The minimum atomic E-state index is -0.494. The van der Waals surface area contributed by atoms with Crippen molar-refractivity contribution in [3.05, 3.63) is 62.3 Å². The molecule has 1 aromatic carbocycles. The number of aromatic nitrogens is 3. The highest BCUT2D eigenvalue weighted by atomic mass is 16.6. The summed E-state index contributed by atoms with van der Waals surface area (Å²) in [5, 5.41) is 19.1. The summed E-state index contributed by atoms with van der Waals surface area (Å²) in [5.74, 6) is -0.0585. The predicted molar refractivity (Wildman–Crippen MR) is 77.9 cm³/mol. The summed E-state index contributed by atoms with van der Waals surface area (Å²) in [4.78, 5) is 35.1. The van der Waals surface area contributed by atoms with E-state index < -0.39 is 16.7 Å². The van der Waals surface area contributed by atoms with Crippen molar-refractivity contribution in [2.45, 2.75) is 13.0 Å². The maximum atomic E-state index is 11.7. The largest absolute Gasteiger partial charge is 0.343 e. The SMILES string of the molecule is CC(NC(=O)/C=C/c1ccc([N+](=O)[O-])cc1)c1n[nH]c(=O)[nH]1. The van der Waals surface area contributed by atoms with E-state index in [1.807, 2.05) is 0 Å². The average Bonchev–Trinajstić information content (AvgIpc) is 2.92. The number of benzene rings is 1. The van der Waals surface area contributed by atoms with Gasteiger partial charge in [0.25, 0.3) is 5.69 Å². The molecule has 0 saturated heterocycles. The van der Waals surface area contributed by atoms with E-state index in [4.69, 9.17) is 0 Å². The number of nitro benzene ring substituents is 1. The summed E-state index contributed by atoms with van der Waals surface area (Å²) in [6.07, 6.45) is 2.82. The topological polar surface area (TPSA) is 134 Å². The molecule has 1 aromatic heterocycles. The normalized spacial score (nSPS) is 12.2. The maximum absolute atomic E-state index is 11.7. The van der Waals surface area contributed by atoms with Crippen LogP contribution in [0.4, 0.5) is 5.69 Å². The van der Waals surface area contributed by atoms with Gasteiger partial charge in [-0.25, -0.2) is 9.89 Å². The van der Waals surface area contributed by atoms with Crippen LogP contribution >= 0.6 is 0 Å². The number of hydrogen-bond donors (Lipinski definition) is 3. The quantitative estimate of drug-likeness (QED) is 0.428. The van der Waals surface area contributed by atoms with E-state index in [-0.39, 0.29) is 11.6 Å². The Kier molecular flexibility index (Phi) is 4.47. The van der Waals surface area contributed by atoms with Gasteiger partial charge in [-0.2, -0.15) is 5.10 Å². The Labute approximate surface area is 124 Å². The van der Waals surface area contributed by atoms with Crippen LogP contribution in [0.3, 0.4) is 0 Å². The van der Waals surface area contributed by atoms with E-state index >= 15 is 0 Å². The summed E-state index contributed by atoms with van der Waals surface area (Å²) in [7, 11) is 0. The van der Waals surface area contributed by atoms with Crippen molar-refractivity contribution in [1.82, 2.24) is 20.5 Å². The standard InChI is InChI=1S/C13H13N5O4/c1-8(12-15-13(20)17-16-12)14-11(19)7-4-9-2-5-10(6-3-9)18(21)22/h2-8H,1H3,(H,14,19)(H2,15,16,17,20)/b7-4+. The average molecular weight is 303 g/mol. The monoisotopic (exact) mass is 303 g/mol. The Morgan fingerprint density at radius 1 is 1.41 bits per heavy atom. The predicted octanol–water partition coefficient (Wildman–Crippen LogP) is 0.897. The number of carbonyl (C=O) groups is 1. The summed E-state index contributed by atoms with van der Waals surface area (Å²) >= 11 is 0. The Bertz CT molecular complexity index is 759. The zero-order valence-corrected chi connectivity index (χ0v) is 11.6. The molecule has 1 unspecified atom stereocenters. The Morgan fingerprint density at radius 2 is 2.09 bits per heavy atom. The van der Waals surface area contributed by atoms with E-state index in [1.165, 1.54) is 36.4 Å². The number of hydrogen-bond acceptors (Lipinski definition) is 5. The molecule has 9 heteroatoms. The number of non-ortho nitro benzene ring substituents is 1. The van der Waals surface area contributed by atoms with Gasteiger partial charge in [-0.05, 0) is 30.7 Å². The third-order valence-corrected chi connectivity index (χ3v) is 2.82. The first-order valence-electron chi connectivity index (χ1n) is 6.33. The minimum absolute atomic E-state index is 0.0160. The van der Waals surface area contributed by atoms with Crippen molar-refractivity contribution in [3.63, 3.8) is 0 Å². The number of nitro groups is 1. The van der Waals surface area contributed by atoms with Crippen LogP contribution in [0.2, 0.25) is 0 Å². The molecule has 9 nitrogen and oxygen atoms in total. The zero-order valence-electron chi connectivity index (χ0n) is 11.6. The molecule has 1 heterocycles. The van der Waals surface area contributed by atoms with Gasteiger partial charge in [0.05, 0.1) is 11.0 Å². The van der Waals surface area contributed by atoms with Crippen LogP contribution in [0.15, 0.2) is 35.1 Å². The third kappa shape index (κ3) is 3.88. The molecule has 0 aliphatic heterocycles. The fourth-order valence-corrected chi connectivity index (χ4v) is 1.70. The summed E-state index contributed by atoms with van der Waals surface area (Å²) in [6.45, 7) is 1.67. The molecule has 1 amide bonds. The number of nitrogens with zero attached hydrogens (tertiary/aromatic N) is 2. The van der Waals surface area contributed by atoms with E-state index in [1.54, 1.807) is 6.92 Å². The molecule has 1 atom stereocenters. The molecule has 0 radical (unpaired) electrons. The lowest BCUT2D eigenvalue weighted by Gasteiger charge is -2.08. The molecule has 0 aliphatic rings. The first-order chi connectivity index (χ1) is 10.5. The highest BCUT2D eigenvalue weighted by molar-refractivity contribution is 5.91. The van der Waals surface area contributed by atoms with Crippen LogP contribution in [0.1, 0.15) is 24.4 Å². The smallest absolute Gasteiger partial charge is 0.340 e. The third-order valence-electron chi connectivity index (χ3n) is 2.82. The first-order valence-corrected chi connectivity index (χ1v) is 6.33. The summed E-state index contributed by atoms with van der Waals surface area (Å²) in [5.41, 5.74) is 0.191. The second-order valence-electron chi connectivity index (χ2n) is 4.48. The van der Waals surface area contributed by atoms with Crippen molar-refractivity contribution in [1.29, 1.82) is 0 Å². The molecule has 22 heavy (non-hydrogen) atoms. The van der Waals surface area contributed by atoms with E-state index in [9.17, 15) is 19.7 Å². The van der Waals surface area contributed by atoms with Crippen molar-refractivity contribution < 1.29 is 9.72 Å². The Balaban J connectivity index is 1.96. The van der Waals surface area contributed by atoms with E-state index in [0.717, 1.165) is 0 Å². The van der Waals surface area contributed by atoms with E-state index in [2.05, 4.69) is 20.5 Å². The zero-order chi connectivity index (χ0) is 16.1. The number of nitrogens with one attached hydrogen (secondary N) is 3. The second-order valence-corrected chi connectivity index (χ2v) is 4.48. The van der Waals surface area contributed by atoms with Crippen molar-refractivity contribution in [2.75, 3.05) is 0 Å². The van der Waals surface area contributed by atoms with Gasteiger partial charge in [0, 0.05) is 18.2 Å². The van der Waals surface area contributed by atoms with Gasteiger partial charge in [0.15, 0.2) is 5.82 Å². The van der Waals surface area contributed by atoms with Gasteiger partial charge in [0.2, 0.25) is 5.91 Å². The number of carbonyl (C=O) groups excluding carboxylic acids is 1. The van der Waals surface area contributed by atoms with Gasteiger partial charge in [-0.15, -0.1) is 0 Å². The molecule has 0 aliphatic carbocycles. The molecule has 0 bridgehead atoms. The maximum Gasteiger partial charge on any atom is 0.340 e. The fourth-order valence-electron chi connectivity index (χ4n) is 1.70. The van der Waals surface area contributed by atoms with Gasteiger partial charge in [0.1, 0.15) is 0 Å². The molecule has 3 N–H and O–H groups in total. The summed E-state index contributed by atoms with van der Waals surface area (Å²) in [6, 6.07) is 5.32. The molecular formula is C13H13N5O4. The number of aromatic amines is 2. The highest BCUT2D eigenvalue weighted by Gasteiger charge is 2.11. The number of rotatable bonds is 5. The van der Waals surface area contributed by atoms with Crippen LogP contribution in [0.5, 0.6) is 0 Å². The second kappa shape index (κ2) is 6.48. The molecule has 2 aromatic rings.